The molecule has 1 aliphatic rings. The Morgan fingerprint density at radius 3 is 2.63 bits per heavy atom. The van der Waals surface area contributed by atoms with E-state index in [0.29, 0.717) is 31.3 Å². The predicted molar refractivity (Wildman–Crippen MR) is 115 cm³/mol. The fourth-order valence-electron chi connectivity index (χ4n) is 3.92. The molecule has 1 amide bonds. The Morgan fingerprint density at radius 1 is 1.13 bits per heavy atom. The van der Waals surface area contributed by atoms with Crippen molar-refractivity contribution in [1.82, 2.24) is 30.4 Å². The average molecular weight is 405 g/mol. The second-order valence-corrected chi connectivity index (χ2v) is 7.81. The Kier molecular flexibility index (Phi) is 6.49. The van der Waals surface area contributed by atoms with Gasteiger partial charge in [-0.25, -0.2) is 0 Å². The highest BCUT2D eigenvalue weighted by atomic mass is 16.1. The van der Waals surface area contributed by atoms with Crippen molar-refractivity contribution < 1.29 is 4.79 Å². The summed E-state index contributed by atoms with van der Waals surface area (Å²) in [6.45, 7) is 4.71. The Hall–Kier alpha value is -3.06. The Labute approximate surface area is 177 Å². The molecule has 2 atom stereocenters. The van der Waals surface area contributed by atoms with Crippen LogP contribution in [-0.2, 0) is 11.3 Å². The predicted octanol–water partition coefficient (Wildman–Crippen LogP) is 3.07. The van der Waals surface area contributed by atoms with Gasteiger partial charge in [-0.2, -0.15) is 4.80 Å². The van der Waals surface area contributed by atoms with Gasteiger partial charge >= 0.3 is 0 Å². The van der Waals surface area contributed by atoms with Crippen LogP contribution in [0.1, 0.15) is 37.8 Å². The summed E-state index contributed by atoms with van der Waals surface area (Å²) in [4.78, 5) is 16.4. The van der Waals surface area contributed by atoms with Crippen molar-refractivity contribution in [3.05, 3.63) is 66.2 Å². The maximum absolute atomic E-state index is 12.4. The van der Waals surface area contributed by atoms with E-state index in [2.05, 4.69) is 56.8 Å². The van der Waals surface area contributed by atoms with E-state index in [-0.39, 0.29) is 11.9 Å². The molecule has 0 unspecified atom stereocenters. The lowest BCUT2D eigenvalue weighted by Gasteiger charge is -2.24. The first-order valence-corrected chi connectivity index (χ1v) is 10.6. The first-order chi connectivity index (χ1) is 14.7. The molecule has 0 radical (unpaired) electrons. The molecule has 30 heavy (non-hydrogen) atoms. The minimum atomic E-state index is 0.0950. The number of likely N-dealkylation sites (tertiary alicyclic amines) is 1. The maximum atomic E-state index is 12.4. The van der Waals surface area contributed by atoms with E-state index >= 15 is 0 Å². The molecule has 1 N–H and O–H groups in total. The molecular formula is C23H28N6O. The summed E-state index contributed by atoms with van der Waals surface area (Å²) in [5.41, 5.74) is 2.26. The molecule has 7 heteroatoms. The zero-order chi connectivity index (χ0) is 20.8. The van der Waals surface area contributed by atoms with E-state index in [9.17, 15) is 4.79 Å². The summed E-state index contributed by atoms with van der Waals surface area (Å²) in [7, 11) is 0. The van der Waals surface area contributed by atoms with Gasteiger partial charge < -0.3 is 5.32 Å². The maximum Gasteiger partial charge on any atom is 0.220 e. The third kappa shape index (κ3) is 5.10. The van der Waals surface area contributed by atoms with Crippen LogP contribution in [0.4, 0.5) is 0 Å². The molecule has 1 aromatic heterocycles. The van der Waals surface area contributed by atoms with Gasteiger partial charge in [0.15, 0.2) is 0 Å². The second-order valence-electron chi connectivity index (χ2n) is 7.81. The number of aryl methyl sites for hydroxylation is 1. The molecule has 3 aromatic rings. The van der Waals surface area contributed by atoms with E-state index in [1.807, 2.05) is 36.4 Å². The number of rotatable bonds is 8. The van der Waals surface area contributed by atoms with Crippen LogP contribution in [-0.4, -0.2) is 50.1 Å². The van der Waals surface area contributed by atoms with Crippen LogP contribution in [0.5, 0.6) is 0 Å². The zero-order valence-corrected chi connectivity index (χ0v) is 17.3. The van der Waals surface area contributed by atoms with Gasteiger partial charge in [0.25, 0.3) is 0 Å². The van der Waals surface area contributed by atoms with Crippen molar-refractivity contribution >= 4 is 5.91 Å². The number of aromatic nitrogens is 4. The molecule has 0 bridgehead atoms. The molecule has 1 saturated heterocycles. The van der Waals surface area contributed by atoms with Crippen LogP contribution in [0.25, 0.3) is 11.4 Å². The number of nitrogens with zero attached hydrogens (tertiary/aromatic N) is 5. The number of carbonyl (C=O) groups is 1. The molecule has 0 aliphatic carbocycles. The lowest BCUT2D eigenvalue weighted by Crippen LogP contribution is -2.37. The van der Waals surface area contributed by atoms with E-state index in [1.165, 1.54) is 5.56 Å². The molecule has 0 saturated carbocycles. The van der Waals surface area contributed by atoms with E-state index in [1.54, 1.807) is 4.80 Å². The molecule has 156 valence electrons. The van der Waals surface area contributed by atoms with Crippen LogP contribution >= 0.6 is 0 Å². The third-order valence-corrected chi connectivity index (χ3v) is 5.66. The summed E-state index contributed by atoms with van der Waals surface area (Å²) in [5, 5.41) is 15.8. The molecule has 4 rings (SSSR count). The van der Waals surface area contributed by atoms with Gasteiger partial charge in [-0.3, -0.25) is 9.69 Å². The number of nitrogens with one attached hydrogen (secondary N) is 1. The lowest BCUT2D eigenvalue weighted by molar-refractivity contribution is -0.121. The number of amides is 1. The van der Waals surface area contributed by atoms with Crippen LogP contribution in [0.2, 0.25) is 0 Å². The summed E-state index contributed by atoms with van der Waals surface area (Å²) in [6.07, 6.45) is 2.15. The molecule has 1 fully saturated rings. The molecule has 2 aromatic carbocycles. The lowest BCUT2D eigenvalue weighted by atomic mass is 10.1. The van der Waals surface area contributed by atoms with Gasteiger partial charge in [0.1, 0.15) is 0 Å². The van der Waals surface area contributed by atoms with Gasteiger partial charge in [-0.05, 0) is 30.5 Å². The monoisotopic (exact) mass is 404 g/mol. The minimum Gasteiger partial charge on any atom is -0.352 e. The highest BCUT2D eigenvalue weighted by molar-refractivity contribution is 5.76. The zero-order valence-electron chi connectivity index (χ0n) is 17.3. The van der Waals surface area contributed by atoms with Gasteiger partial charge in [0, 0.05) is 37.2 Å². The van der Waals surface area contributed by atoms with Gasteiger partial charge in [0.2, 0.25) is 11.7 Å². The van der Waals surface area contributed by atoms with E-state index in [0.717, 1.165) is 25.1 Å². The van der Waals surface area contributed by atoms with Crippen molar-refractivity contribution in [2.75, 3.05) is 13.1 Å². The van der Waals surface area contributed by atoms with Crippen molar-refractivity contribution in [3.63, 3.8) is 0 Å². The molecule has 7 nitrogen and oxygen atoms in total. The third-order valence-electron chi connectivity index (χ3n) is 5.66. The standard InChI is InChI=1S/C23H28N6O/c1-18(19-9-4-2-5-10-19)28-16-14-21(17-28)24-22(30)13-8-15-29-26-23(25-27-29)20-11-6-3-7-12-20/h2-7,9-12,18,21H,8,13-17H2,1H3,(H,24,30)/t18-,21+/m0/s1. The van der Waals surface area contributed by atoms with Crippen molar-refractivity contribution in [2.24, 2.45) is 0 Å². The van der Waals surface area contributed by atoms with E-state index < -0.39 is 0 Å². The number of benzene rings is 2. The van der Waals surface area contributed by atoms with Gasteiger partial charge in [0.05, 0.1) is 6.54 Å². The quantitative estimate of drug-likeness (QED) is 0.624. The fraction of sp³-hybridized carbons (Fsp3) is 0.391. The van der Waals surface area contributed by atoms with Gasteiger partial charge in [-0.1, -0.05) is 60.7 Å². The summed E-state index contributed by atoms with van der Waals surface area (Å²) < 4.78 is 0. The number of hydrogen-bond acceptors (Lipinski definition) is 5. The molecule has 2 heterocycles. The molecular weight excluding hydrogens is 376 g/mol. The Bertz CT molecular complexity index is 943. The number of carbonyl (C=O) groups excluding carboxylic acids is 1. The number of tetrazole rings is 1. The van der Waals surface area contributed by atoms with Crippen molar-refractivity contribution in [2.45, 2.75) is 44.8 Å². The van der Waals surface area contributed by atoms with Crippen molar-refractivity contribution in [3.8, 4) is 11.4 Å². The van der Waals surface area contributed by atoms with Crippen LogP contribution < -0.4 is 5.32 Å². The van der Waals surface area contributed by atoms with Gasteiger partial charge in [-0.15, -0.1) is 10.2 Å². The highest BCUT2D eigenvalue weighted by Crippen LogP contribution is 2.24. The molecule has 0 spiro atoms. The van der Waals surface area contributed by atoms with Crippen LogP contribution in [0, 0.1) is 0 Å². The largest absolute Gasteiger partial charge is 0.352 e. The summed E-state index contributed by atoms with van der Waals surface area (Å²) >= 11 is 0. The molecule has 1 aliphatic heterocycles. The SMILES string of the molecule is C[C@@H](c1ccccc1)N1CC[C@@H](NC(=O)CCCn2nnc(-c3ccccc3)n2)C1. The smallest absolute Gasteiger partial charge is 0.220 e. The topological polar surface area (TPSA) is 75.9 Å². The summed E-state index contributed by atoms with van der Waals surface area (Å²) in [5.74, 6) is 0.705. The fourth-order valence-corrected chi connectivity index (χ4v) is 3.92. The van der Waals surface area contributed by atoms with Crippen LogP contribution in [0.3, 0.4) is 0 Å². The van der Waals surface area contributed by atoms with Crippen molar-refractivity contribution in [1.29, 1.82) is 0 Å². The number of hydrogen-bond donors (Lipinski definition) is 1. The summed E-state index contributed by atoms with van der Waals surface area (Å²) in [6, 6.07) is 20.9. The highest BCUT2D eigenvalue weighted by Gasteiger charge is 2.27. The minimum absolute atomic E-state index is 0.0950. The second kappa shape index (κ2) is 9.63. The average Bonchev–Trinajstić information content (AvgIpc) is 3.44. The Morgan fingerprint density at radius 2 is 1.87 bits per heavy atom. The first-order valence-electron chi connectivity index (χ1n) is 10.6. The normalized spacial score (nSPS) is 17.7. The first kappa shape index (κ1) is 20.2. The van der Waals surface area contributed by atoms with E-state index in [4.69, 9.17) is 0 Å². The van der Waals surface area contributed by atoms with Crippen LogP contribution in [0.15, 0.2) is 60.7 Å². The Balaban J connectivity index is 1.19.